The van der Waals surface area contributed by atoms with Crippen LogP contribution in [0.5, 0.6) is 5.75 Å². The second kappa shape index (κ2) is 10.4. The molecule has 0 fully saturated rings. The SMILES string of the molecule is CCOc1cccc([C@@H]2c3cccn3-c3c(c(C)nn3-c3ccccc3)CN2C(=O)Nc2ccc(C)c(F)c2)c1. The summed E-state index contributed by atoms with van der Waals surface area (Å²) in [6.45, 7) is 6.42. The van der Waals surface area contributed by atoms with E-state index in [1.54, 1.807) is 24.0 Å². The number of nitrogens with one attached hydrogen (secondary N) is 1. The zero-order valence-electron chi connectivity index (χ0n) is 22.6. The van der Waals surface area contributed by atoms with E-state index in [1.165, 1.54) is 6.07 Å². The number of carbonyl (C=O) groups excluding carboxylic acids is 1. The summed E-state index contributed by atoms with van der Waals surface area (Å²) in [7, 11) is 0. The van der Waals surface area contributed by atoms with Gasteiger partial charge in [-0.15, -0.1) is 0 Å². The molecule has 1 N–H and O–H groups in total. The Morgan fingerprint density at radius 2 is 1.85 bits per heavy atom. The highest BCUT2D eigenvalue weighted by Crippen LogP contribution is 2.39. The number of anilines is 1. The molecule has 0 saturated heterocycles. The molecule has 0 aliphatic carbocycles. The molecule has 8 heteroatoms. The average Bonchev–Trinajstić information content (AvgIpc) is 3.52. The highest BCUT2D eigenvalue weighted by Gasteiger charge is 2.36. The Labute approximate surface area is 232 Å². The van der Waals surface area contributed by atoms with Crippen molar-refractivity contribution in [3.05, 3.63) is 125 Å². The van der Waals surface area contributed by atoms with Crippen molar-refractivity contribution >= 4 is 11.7 Å². The fraction of sp³-hybridized carbons (Fsp3) is 0.188. The molecule has 1 aliphatic heterocycles. The molecule has 2 amide bonds. The molecular weight excluding hydrogens is 505 g/mol. The third-order valence-electron chi connectivity index (χ3n) is 7.26. The van der Waals surface area contributed by atoms with Gasteiger partial charge in [-0.25, -0.2) is 13.9 Å². The van der Waals surface area contributed by atoms with Gasteiger partial charge in [0.15, 0.2) is 0 Å². The molecule has 1 atom stereocenters. The second-order valence-electron chi connectivity index (χ2n) is 9.87. The van der Waals surface area contributed by atoms with E-state index < -0.39 is 6.04 Å². The Morgan fingerprint density at radius 3 is 2.62 bits per heavy atom. The fourth-order valence-electron chi connectivity index (χ4n) is 5.31. The topological polar surface area (TPSA) is 64.3 Å². The van der Waals surface area contributed by atoms with Crippen LogP contribution in [0.3, 0.4) is 0 Å². The number of halogens is 1. The molecule has 5 aromatic rings. The van der Waals surface area contributed by atoms with E-state index in [4.69, 9.17) is 9.84 Å². The van der Waals surface area contributed by atoms with Gasteiger partial charge >= 0.3 is 6.03 Å². The fourth-order valence-corrected chi connectivity index (χ4v) is 5.31. The summed E-state index contributed by atoms with van der Waals surface area (Å²) in [5, 5.41) is 7.82. The third-order valence-corrected chi connectivity index (χ3v) is 7.26. The van der Waals surface area contributed by atoms with Crippen LogP contribution in [-0.2, 0) is 6.54 Å². The average molecular weight is 536 g/mol. The number of ether oxygens (including phenoxy) is 1. The van der Waals surface area contributed by atoms with Crippen molar-refractivity contribution in [2.45, 2.75) is 33.4 Å². The minimum absolute atomic E-state index is 0.291. The minimum atomic E-state index is -0.457. The number of rotatable bonds is 5. The first-order valence-corrected chi connectivity index (χ1v) is 13.3. The standard InChI is InChI=1S/C32H30FN5O2/c1-4-40-26-13-8-10-23(18-26)30-29-14-9-17-36(29)31-27(22(3)35-38(31)25-11-6-5-7-12-25)20-37(30)32(39)34-24-16-15-21(2)28(33)19-24/h5-19,30H,4,20H2,1-3H3,(H,34,39)/t30-/m1/s1. The Morgan fingerprint density at radius 1 is 1.02 bits per heavy atom. The van der Waals surface area contributed by atoms with Gasteiger partial charge in [0, 0.05) is 17.4 Å². The van der Waals surface area contributed by atoms with Crippen LogP contribution in [0, 0.1) is 19.7 Å². The predicted octanol–water partition coefficient (Wildman–Crippen LogP) is 6.95. The zero-order chi connectivity index (χ0) is 27.8. The van der Waals surface area contributed by atoms with Gasteiger partial charge in [0.25, 0.3) is 0 Å². The lowest BCUT2D eigenvalue weighted by atomic mass is 10.0. The van der Waals surface area contributed by atoms with Crippen LogP contribution in [0.15, 0.2) is 91.1 Å². The predicted molar refractivity (Wildman–Crippen MR) is 153 cm³/mol. The van der Waals surface area contributed by atoms with Gasteiger partial charge in [0.05, 0.1) is 36.3 Å². The summed E-state index contributed by atoms with van der Waals surface area (Å²) in [6.07, 6.45) is 2.00. The third kappa shape index (κ3) is 4.51. The molecular formula is C32H30FN5O2. The van der Waals surface area contributed by atoms with E-state index in [-0.39, 0.29) is 11.8 Å². The molecule has 0 spiro atoms. The number of para-hydroxylation sites is 1. The van der Waals surface area contributed by atoms with Gasteiger partial charge in [-0.2, -0.15) is 5.10 Å². The van der Waals surface area contributed by atoms with Gasteiger partial charge in [0.1, 0.15) is 17.4 Å². The summed E-state index contributed by atoms with van der Waals surface area (Å²) in [4.78, 5) is 15.8. The number of fused-ring (bicyclic) bond motifs is 3. The maximum Gasteiger partial charge on any atom is 0.322 e. The summed E-state index contributed by atoms with van der Waals surface area (Å²) in [6, 6.07) is 25.7. The summed E-state index contributed by atoms with van der Waals surface area (Å²) in [5.74, 6) is 1.24. The van der Waals surface area contributed by atoms with E-state index in [0.717, 1.165) is 39.8 Å². The van der Waals surface area contributed by atoms with Gasteiger partial charge in [-0.05, 0) is 80.4 Å². The Kier molecular flexibility index (Phi) is 6.59. The van der Waals surface area contributed by atoms with Crippen LogP contribution in [0.2, 0.25) is 0 Å². The minimum Gasteiger partial charge on any atom is -0.494 e. The van der Waals surface area contributed by atoms with Crippen LogP contribution < -0.4 is 10.1 Å². The monoisotopic (exact) mass is 535 g/mol. The number of benzene rings is 3. The molecule has 3 aromatic carbocycles. The first-order chi connectivity index (χ1) is 19.4. The van der Waals surface area contributed by atoms with Crippen molar-refractivity contribution in [1.82, 2.24) is 19.2 Å². The Hall–Kier alpha value is -4.85. The first-order valence-electron chi connectivity index (χ1n) is 13.3. The Bertz CT molecular complexity index is 1690. The number of aromatic nitrogens is 3. The van der Waals surface area contributed by atoms with Crippen molar-refractivity contribution in [1.29, 1.82) is 0 Å². The molecule has 202 valence electrons. The Balaban J connectivity index is 1.52. The normalized spacial score (nSPS) is 14.3. The van der Waals surface area contributed by atoms with Crippen LogP contribution in [-0.4, -0.2) is 31.9 Å². The van der Waals surface area contributed by atoms with Gasteiger partial charge in [-0.3, -0.25) is 0 Å². The number of amides is 2. The summed E-state index contributed by atoms with van der Waals surface area (Å²) >= 11 is 0. The lowest BCUT2D eigenvalue weighted by molar-refractivity contribution is 0.194. The van der Waals surface area contributed by atoms with Crippen LogP contribution in [0.25, 0.3) is 11.5 Å². The number of carbonyl (C=O) groups is 1. The molecule has 2 aromatic heterocycles. The number of urea groups is 1. The number of aryl methyl sites for hydroxylation is 2. The lowest BCUT2D eigenvalue weighted by Crippen LogP contribution is -2.38. The van der Waals surface area contributed by atoms with Gasteiger partial charge in [-0.1, -0.05) is 36.4 Å². The van der Waals surface area contributed by atoms with Crippen molar-refractivity contribution in [3.8, 4) is 17.3 Å². The van der Waals surface area contributed by atoms with Crippen molar-refractivity contribution in [2.75, 3.05) is 11.9 Å². The highest BCUT2D eigenvalue weighted by atomic mass is 19.1. The molecule has 0 saturated carbocycles. The molecule has 6 rings (SSSR count). The summed E-state index contributed by atoms with van der Waals surface area (Å²) < 4.78 is 24.2. The summed E-state index contributed by atoms with van der Waals surface area (Å²) in [5.41, 5.74) is 5.38. The van der Waals surface area contributed by atoms with Gasteiger partial charge < -0.3 is 19.5 Å². The first kappa shape index (κ1) is 25.4. The van der Waals surface area contributed by atoms with E-state index in [2.05, 4.69) is 9.88 Å². The largest absolute Gasteiger partial charge is 0.494 e. The molecule has 1 aliphatic rings. The molecule has 0 bridgehead atoms. The van der Waals surface area contributed by atoms with Crippen LogP contribution >= 0.6 is 0 Å². The highest BCUT2D eigenvalue weighted by molar-refractivity contribution is 5.90. The zero-order valence-corrected chi connectivity index (χ0v) is 22.6. The van der Waals surface area contributed by atoms with Crippen molar-refractivity contribution < 1.29 is 13.9 Å². The number of hydrogen-bond acceptors (Lipinski definition) is 3. The van der Waals surface area contributed by atoms with Crippen molar-refractivity contribution in [3.63, 3.8) is 0 Å². The molecule has 0 radical (unpaired) electrons. The van der Waals surface area contributed by atoms with E-state index >= 15 is 0 Å². The smallest absolute Gasteiger partial charge is 0.322 e. The van der Waals surface area contributed by atoms with E-state index in [0.29, 0.717) is 24.4 Å². The van der Waals surface area contributed by atoms with Crippen molar-refractivity contribution in [2.24, 2.45) is 0 Å². The lowest BCUT2D eigenvalue weighted by Gasteiger charge is -2.31. The maximum atomic E-state index is 14.4. The number of nitrogens with zero attached hydrogens (tertiary/aromatic N) is 4. The molecule has 3 heterocycles. The quantitative estimate of drug-likeness (QED) is 0.265. The second-order valence-corrected chi connectivity index (χ2v) is 9.87. The van der Waals surface area contributed by atoms with E-state index in [1.807, 2.05) is 91.5 Å². The number of hydrogen-bond donors (Lipinski definition) is 1. The molecule has 7 nitrogen and oxygen atoms in total. The van der Waals surface area contributed by atoms with Crippen LogP contribution in [0.1, 0.15) is 41.0 Å². The van der Waals surface area contributed by atoms with E-state index in [9.17, 15) is 9.18 Å². The van der Waals surface area contributed by atoms with Crippen LogP contribution in [0.4, 0.5) is 14.9 Å². The van der Waals surface area contributed by atoms with Gasteiger partial charge in [0.2, 0.25) is 0 Å². The maximum absolute atomic E-state index is 14.4. The molecule has 40 heavy (non-hydrogen) atoms. The molecule has 0 unspecified atom stereocenters.